The Kier molecular flexibility index (Phi) is 8.19. The van der Waals surface area contributed by atoms with Crippen LogP contribution in [0.15, 0.2) is 231 Å². The van der Waals surface area contributed by atoms with E-state index < -0.39 is 0 Å². The third kappa shape index (κ3) is 5.82. The van der Waals surface area contributed by atoms with Gasteiger partial charge in [0.15, 0.2) is 0 Å². The third-order valence-electron chi connectivity index (χ3n) is 11.6. The van der Waals surface area contributed by atoms with Crippen molar-refractivity contribution in [2.75, 3.05) is 4.90 Å². The zero-order valence-corrected chi connectivity index (χ0v) is 31.8. The minimum absolute atomic E-state index is 1.10. The van der Waals surface area contributed by atoms with Gasteiger partial charge in [0, 0.05) is 33.5 Å². The topological polar surface area (TPSA) is 8.17 Å². The van der Waals surface area contributed by atoms with Crippen molar-refractivity contribution in [1.82, 2.24) is 4.57 Å². The van der Waals surface area contributed by atoms with Crippen LogP contribution in [0, 0.1) is 0 Å². The smallest absolute Gasteiger partial charge is 0.0547 e. The van der Waals surface area contributed by atoms with Gasteiger partial charge in [-0.1, -0.05) is 164 Å². The lowest BCUT2D eigenvalue weighted by molar-refractivity contribution is 1.18. The van der Waals surface area contributed by atoms with Crippen LogP contribution >= 0.6 is 0 Å². The van der Waals surface area contributed by atoms with Crippen LogP contribution in [0.5, 0.6) is 0 Å². The second-order valence-corrected chi connectivity index (χ2v) is 15.0. The van der Waals surface area contributed by atoms with Gasteiger partial charge < -0.3 is 9.47 Å². The van der Waals surface area contributed by atoms with Crippen molar-refractivity contribution in [2.45, 2.75) is 0 Å². The Bertz CT molecular complexity index is 3250. The zero-order chi connectivity index (χ0) is 38.4. The Balaban J connectivity index is 1.03. The maximum atomic E-state index is 2.39. The van der Waals surface area contributed by atoms with Gasteiger partial charge in [-0.25, -0.2) is 0 Å². The maximum absolute atomic E-state index is 2.39. The number of hydrogen-bond acceptors (Lipinski definition) is 1. The fourth-order valence-electron chi connectivity index (χ4n) is 8.80. The summed E-state index contributed by atoms with van der Waals surface area (Å²) in [5, 5.41) is 7.58. The number of para-hydroxylation sites is 2. The summed E-state index contributed by atoms with van der Waals surface area (Å²) in [5.41, 5.74) is 14.0. The van der Waals surface area contributed by atoms with Gasteiger partial charge in [0.05, 0.1) is 11.0 Å². The molecule has 11 rings (SSSR count). The molecule has 0 atom stereocenters. The largest absolute Gasteiger partial charge is 0.310 e. The molecule has 10 aromatic carbocycles. The summed E-state index contributed by atoms with van der Waals surface area (Å²) in [6.45, 7) is 0. The molecule has 58 heavy (non-hydrogen) atoms. The molecule has 0 fully saturated rings. The van der Waals surface area contributed by atoms with Gasteiger partial charge in [-0.3, -0.25) is 0 Å². The molecule has 272 valence electrons. The van der Waals surface area contributed by atoms with E-state index in [1.54, 1.807) is 0 Å². The SMILES string of the molecule is c1ccc(-c2ccc(N(c3ccc(-c4ccc5c(ccc6ccccc65)c4)cc3)c3cccc(-c4cccc5c4c4ccccc4n5-c4ccccc4)c3)cc2)cc1. The maximum Gasteiger partial charge on any atom is 0.0547 e. The Morgan fingerprint density at radius 2 is 0.845 bits per heavy atom. The van der Waals surface area contributed by atoms with E-state index in [2.05, 4.69) is 240 Å². The highest BCUT2D eigenvalue weighted by Crippen LogP contribution is 2.42. The van der Waals surface area contributed by atoms with Crippen molar-refractivity contribution in [1.29, 1.82) is 0 Å². The summed E-state index contributed by atoms with van der Waals surface area (Å²) >= 11 is 0. The Labute approximate surface area is 338 Å². The lowest BCUT2D eigenvalue weighted by atomic mass is 9.97. The number of anilines is 3. The van der Waals surface area contributed by atoms with Gasteiger partial charge in [-0.15, -0.1) is 0 Å². The molecule has 0 spiro atoms. The van der Waals surface area contributed by atoms with E-state index in [0.29, 0.717) is 0 Å². The number of rotatable bonds is 7. The highest BCUT2D eigenvalue weighted by atomic mass is 15.1. The first-order valence-corrected chi connectivity index (χ1v) is 19.9. The van der Waals surface area contributed by atoms with Crippen LogP contribution in [0.3, 0.4) is 0 Å². The van der Waals surface area contributed by atoms with E-state index in [4.69, 9.17) is 0 Å². The van der Waals surface area contributed by atoms with Crippen LogP contribution in [0.1, 0.15) is 0 Å². The van der Waals surface area contributed by atoms with Crippen molar-refractivity contribution in [2.24, 2.45) is 0 Å². The van der Waals surface area contributed by atoms with Gasteiger partial charge in [0.25, 0.3) is 0 Å². The van der Waals surface area contributed by atoms with E-state index in [1.165, 1.54) is 76.7 Å². The molecule has 0 saturated heterocycles. The van der Waals surface area contributed by atoms with Crippen molar-refractivity contribution < 1.29 is 0 Å². The fraction of sp³-hybridized carbons (Fsp3) is 0. The van der Waals surface area contributed by atoms with Gasteiger partial charge >= 0.3 is 0 Å². The summed E-state index contributed by atoms with van der Waals surface area (Å²) < 4.78 is 2.39. The number of aromatic nitrogens is 1. The van der Waals surface area contributed by atoms with Crippen molar-refractivity contribution in [3.63, 3.8) is 0 Å². The normalized spacial score (nSPS) is 11.4. The van der Waals surface area contributed by atoms with E-state index in [0.717, 1.165) is 22.7 Å². The van der Waals surface area contributed by atoms with E-state index in [-0.39, 0.29) is 0 Å². The molecule has 0 aliphatic carbocycles. The molecule has 0 unspecified atom stereocenters. The number of nitrogens with zero attached hydrogens (tertiary/aromatic N) is 2. The summed E-state index contributed by atoms with van der Waals surface area (Å²) in [6.07, 6.45) is 0. The predicted molar refractivity (Wildman–Crippen MR) is 247 cm³/mol. The predicted octanol–water partition coefficient (Wildman–Crippen LogP) is 15.6. The van der Waals surface area contributed by atoms with Gasteiger partial charge in [0.2, 0.25) is 0 Å². The van der Waals surface area contributed by atoms with E-state index >= 15 is 0 Å². The first-order valence-electron chi connectivity index (χ1n) is 19.9. The minimum atomic E-state index is 1.10. The van der Waals surface area contributed by atoms with Crippen LogP contribution in [0.2, 0.25) is 0 Å². The molecular weight excluding hydrogens is 701 g/mol. The Morgan fingerprint density at radius 1 is 0.293 bits per heavy atom. The molecule has 0 bridgehead atoms. The zero-order valence-electron chi connectivity index (χ0n) is 31.8. The monoisotopic (exact) mass is 738 g/mol. The molecular formula is C56H38N2. The second-order valence-electron chi connectivity index (χ2n) is 15.0. The third-order valence-corrected chi connectivity index (χ3v) is 11.6. The molecule has 0 saturated carbocycles. The lowest BCUT2D eigenvalue weighted by Gasteiger charge is -2.26. The minimum Gasteiger partial charge on any atom is -0.310 e. The molecule has 11 aromatic rings. The standard InChI is InChI=1S/C56H38N2/c1-3-13-39(14-4-1)40-27-32-47(33-28-40)57(48-34-29-41(30-35-48)43-31-36-51-45(37-43)26-25-42-15-7-8-20-50(42)51)49-19-11-16-44(38-49)52-22-12-24-55-56(52)53-21-9-10-23-54(53)58(55)46-17-5-2-6-18-46/h1-38H. The first-order chi connectivity index (χ1) is 28.8. The summed E-state index contributed by atoms with van der Waals surface area (Å²) in [6, 6.07) is 83.6. The molecule has 0 radical (unpaired) electrons. The van der Waals surface area contributed by atoms with Crippen LogP contribution in [0.25, 0.3) is 82.4 Å². The van der Waals surface area contributed by atoms with Gasteiger partial charge in [-0.05, 0) is 122 Å². The van der Waals surface area contributed by atoms with Gasteiger partial charge in [0.1, 0.15) is 0 Å². The van der Waals surface area contributed by atoms with Crippen LogP contribution < -0.4 is 4.90 Å². The van der Waals surface area contributed by atoms with Crippen molar-refractivity contribution in [3.05, 3.63) is 231 Å². The van der Waals surface area contributed by atoms with Gasteiger partial charge in [-0.2, -0.15) is 0 Å². The van der Waals surface area contributed by atoms with Crippen molar-refractivity contribution in [3.8, 4) is 39.1 Å². The Hall–Kier alpha value is -7.68. The van der Waals surface area contributed by atoms with Crippen LogP contribution in [0.4, 0.5) is 17.1 Å². The molecule has 2 nitrogen and oxygen atoms in total. The molecule has 1 heterocycles. The molecule has 0 aliphatic rings. The molecule has 0 amide bonds. The van der Waals surface area contributed by atoms with Crippen LogP contribution in [-0.4, -0.2) is 4.57 Å². The average Bonchev–Trinajstić information content (AvgIpc) is 3.65. The highest BCUT2D eigenvalue weighted by molar-refractivity contribution is 6.16. The first kappa shape index (κ1) is 33.6. The number of benzene rings is 10. The van der Waals surface area contributed by atoms with E-state index in [9.17, 15) is 0 Å². The molecule has 1 aromatic heterocycles. The molecule has 0 N–H and O–H groups in total. The number of hydrogen-bond donors (Lipinski definition) is 0. The fourth-order valence-corrected chi connectivity index (χ4v) is 8.80. The van der Waals surface area contributed by atoms with Crippen LogP contribution in [-0.2, 0) is 0 Å². The summed E-state index contributed by atoms with van der Waals surface area (Å²) in [4.78, 5) is 2.38. The quantitative estimate of drug-likeness (QED) is 0.148. The molecule has 2 heteroatoms. The second kappa shape index (κ2) is 14.1. The van der Waals surface area contributed by atoms with Crippen molar-refractivity contribution >= 4 is 60.4 Å². The number of fused-ring (bicyclic) bond motifs is 6. The summed E-state index contributed by atoms with van der Waals surface area (Å²) in [7, 11) is 0. The summed E-state index contributed by atoms with van der Waals surface area (Å²) in [5.74, 6) is 0. The van der Waals surface area contributed by atoms with E-state index in [1.807, 2.05) is 0 Å². The Morgan fingerprint density at radius 3 is 1.62 bits per heavy atom. The molecule has 0 aliphatic heterocycles. The average molecular weight is 739 g/mol. The lowest BCUT2D eigenvalue weighted by Crippen LogP contribution is -2.10. The highest BCUT2D eigenvalue weighted by Gasteiger charge is 2.18.